The minimum absolute atomic E-state index is 0.121. The Morgan fingerprint density at radius 3 is 2.65 bits per heavy atom. The number of alkyl halides is 3. The van der Waals surface area contributed by atoms with Crippen LogP contribution in [0.2, 0.25) is 0 Å². The van der Waals surface area contributed by atoms with Crippen molar-refractivity contribution in [1.82, 2.24) is 0 Å². The summed E-state index contributed by atoms with van der Waals surface area (Å²) in [7, 11) is 0. The van der Waals surface area contributed by atoms with Gasteiger partial charge in [-0.1, -0.05) is 0 Å². The summed E-state index contributed by atoms with van der Waals surface area (Å²) in [6, 6.07) is 1.86. The van der Waals surface area contributed by atoms with Gasteiger partial charge in [-0.15, -0.1) is 11.3 Å². The molecule has 0 spiro atoms. The molecular formula is C10H12BrF3O2S. The lowest BCUT2D eigenvalue weighted by atomic mass is 10.2. The third-order valence-electron chi connectivity index (χ3n) is 1.94. The highest BCUT2D eigenvalue weighted by atomic mass is 79.9. The molecule has 0 aliphatic carbocycles. The fraction of sp³-hybridized carbons (Fsp3) is 0.600. The summed E-state index contributed by atoms with van der Waals surface area (Å²) in [4.78, 5) is 1.75. The second-order valence-corrected chi connectivity index (χ2v) is 5.68. The monoisotopic (exact) mass is 332 g/mol. The Hall–Kier alpha value is -0.110. The van der Waals surface area contributed by atoms with Crippen molar-refractivity contribution in [1.29, 1.82) is 0 Å². The molecular weight excluding hydrogens is 321 g/mol. The van der Waals surface area contributed by atoms with Crippen LogP contribution in [0, 0.1) is 6.92 Å². The predicted molar refractivity (Wildman–Crippen MR) is 63.2 cm³/mol. The lowest BCUT2D eigenvalue weighted by molar-refractivity contribution is -0.175. The highest BCUT2D eigenvalue weighted by Gasteiger charge is 2.27. The van der Waals surface area contributed by atoms with Crippen molar-refractivity contribution in [2.24, 2.45) is 0 Å². The standard InChI is InChI=1S/C10H12BrF3O2S/c1-6-4-7(11)9(17-6)8(15)2-3-16-5-10(12,13)14/h4,8,15H,2-3,5H2,1H3. The number of halogens is 4. The Labute approximate surface area is 110 Å². The van der Waals surface area contributed by atoms with Gasteiger partial charge in [-0.05, 0) is 28.9 Å². The van der Waals surface area contributed by atoms with Gasteiger partial charge in [0.25, 0.3) is 0 Å². The lowest BCUT2D eigenvalue weighted by Crippen LogP contribution is -2.18. The molecule has 0 aromatic carbocycles. The van der Waals surface area contributed by atoms with Crippen LogP contribution in [0.4, 0.5) is 13.2 Å². The summed E-state index contributed by atoms with van der Waals surface area (Å²) < 4.78 is 40.6. The number of thiophene rings is 1. The molecule has 0 radical (unpaired) electrons. The van der Waals surface area contributed by atoms with Crippen LogP contribution in [0.15, 0.2) is 10.5 Å². The summed E-state index contributed by atoms with van der Waals surface area (Å²) in [6.45, 7) is 0.500. The number of hydrogen-bond acceptors (Lipinski definition) is 3. The predicted octanol–water partition coefficient (Wildman–Crippen LogP) is 3.82. The molecule has 1 aromatic rings. The van der Waals surface area contributed by atoms with E-state index in [0.717, 1.165) is 14.2 Å². The molecule has 98 valence electrons. The van der Waals surface area contributed by atoms with E-state index < -0.39 is 18.9 Å². The first-order valence-corrected chi connectivity index (χ1v) is 6.49. The lowest BCUT2D eigenvalue weighted by Gasteiger charge is -2.11. The quantitative estimate of drug-likeness (QED) is 0.830. The Morgan fingerprint density at radius 2 is 2.18 bits per heavy atom. The topological polar surface area (TPSA) is 29.5 Å². The summed E-state index contributed by atoms with van der Waals surface area (Å²) in [5.41, 5.74) is 0. The molecule has 1 rings (SSSR count). The molecule has 0 saturated heterocycles. The van der Waals surface area contributed by atoms with Crippen molar-refractivity contribution >= 4 is 27.3 Å². The Bertz CT molecular complexity index is 365. The molecule has 1 heterocycles. The van der Waals surface area contributed by atoms with Gasteiger partial charge in [0.2, 0.25) is 0 Å². The molecule has 0 aliphatic rings. The number of hydrogen-bond donors (Lipinski definition) is 1. The third-order valence-corrected chi connectivity index (χ3v) is 4.01. The van der Waals surface area contributed by atoms with Crippen LogP contribution < -0.4 is 0 Å². The number of aryl methyl sites for hydroxylation is 1. The van der Waals surface area contributed by atoms with Gasteiger partial charge in [0.05, 0.1) is 6.10 Å². The molecule has 0 bridgehead atoms. The van der Waals surface area contributed by atoms with Crippen molar-refractivity contribution in [3.05, 3.63) is 20.3 Å². The minimum atomic E-state index is -4.31. The van der Waals surface area contributed by atoms with E-state index in [0.29, 0.717) is 0 Å². The van der Waals surface area contributed by atoms with Crippen LogP contribution >= 0.6 is 27.3 Å². The van der Waals surface area contributed by atoms with Gasteiger partial charge in [0.1, 0.15) is 6.61 Å². The largest absolute Gasteiger partial charge is 0.411 e. The maximum Gasteiger partial charge on any atom is 0.411 e. The van der Waals surface area contributed by atoms with Crippen LogP contribution in [0.3, 0.4) is 0 Å². The van der Waals surface area contributed by atoms with E-state index in [-0.39, 0.29) is 13.0 Å². The highest BCUT2D eigenvalue weighted by Crippen LogP contribution is 2.33. The maximum atomic E-state index is 11.8. The Kier molecular flexibility index (Phi) is 5.43. The fourth-order valence-corrected chi connectivity index (χ4v) is 3.18. The smallest absolute Gasteiger partial charge is 0.387 e. The molecule has 1 N–H and O–H groups in total. The minimum Gasteiger partial charge on any atom is -0.387 e. The van der Waals surface area contributed by atoms with Crippen molar-refractivity contribution < 1.29 is 23.0 Å². The van der Waals surface area contributed by atoms with Gasteiger partial charge in [0.15, 0.2) is 0 Å². The zero-order chi connectivity index (χ0) is 13.1. The fourth-order valence-electron chi connectivity index (χ4n) is 1.24. The number of aliphatic hydroxyl groups is 1. The zero-order valence-electron chi connectivity index (χ0n) is 9.05. The van der Waals surface area contributed by atoms with E-state index >= 15 is 0 Å². The molecule has 7 heteroatoms. The molecule has 0 saturated carbocycles. The Morgan fingerprint density at radius 1 is 1.53 bits per heavy atom. The average molecular weight is 333 g/mol. The van der Waals surface area contributed by atoms with Gasteiger partial charge in [-0.25, -0.2) is 0 Å². The van der Waals surface area contributed by atoms with Crippen molar-refractivity contribution in [3.63, 3.8) is 0 Å². The second kappa shape index (κ2) is 6.17. The maximum absolute atomic E-state index is 11.8. The summed E-state index contributed by atoms with van der Waals surface area (Å²) in [6.07, 6.45) is -4.96. The molecule has 1 atom stereocenters. The first kappa shape index (κ1) is 14.9. The number of aliphatic hydroxyl groups excluding tert-OH is 1. The van der Waals surface area contributed by atoms with Crippen LogP contribution in [0.5, 0.6) is 0 Å². The van der Waals surface area contributed by atoms with E-state index in [1.54, 1.807) is 0 Å². The van der Waals surface area contributed by atoms with Crippen LogP contribution in [-0.2, 0) is 4.74 Å². The van der Waals surface area contributed by atoms with E-state index in [4.69, 9.17) is 0 Å². The van der Waals surface area contributed by atoms with Crippen molar-refractivity contribution in [2.45, 2.75) is 25.6 Å². The highest BCUT2D eigenvalue weighted by molar-refractivity contribution is 9.10. The van der Waals surface area contributed by atoms with Crippen molar-refractivity contribution in [3.8, 4) is 0 Å². The van der Waals surface area contributed by atoms with E-state index in [1.165, 1.54) is 11.3 Å². The van der Waals surface area contributed by atoms with Crippen LogP contribution in [-0.4, -0.2) is 24.5 Å². The molecule has 1 aromatic heterocycles. The summed E-state index contributed by atoms with van der Waals surface area (Å²) in [5.74, 6) is 0. The Balaban J connectivity index is 2.35. The first-order chi connectivity index (χ1) is 7.79. The molecule has 0 aliphatic heterocycles. The van der Waals surface area contributed by atoms with Gasteiger partial charge < -0.3 is 9.84 Å². The number of ether oxygens (including phenoxy) is 1. The molecule has 17 heavy (non-hydrogen) atoms. The van der Waals surface area contributed by atoms with E-state index in [2.05, 4.69) is 20.7 Å². The van der Waals surface area contributed by atoms with E-state index in [9.17, 15) is 18.3 Å². The first-order valence-electron chi connectivity index (χ1n) is 4.88. The van der Waals surface area contributed by atoms with Gasteiger partial charge in [-0.2, -0.15) is 13.2 Å². The van der Waals surface area contributed by atoms with Gasteiger partial charge >= 0.3 is 6.18 Å². The number of rotatable bonds is 5. The molecule has 0 amide bonds. The van der Waals surface area contributed by atoms with Crippen LogP contribution in [0.1, 0.15) is 22.3 Å². The zero-order valence-corrected chi connectivity index (χ0v) is 11.5. The molecule has 2 nitrogen and oxygen atoms in total. The molecule has 0 fully saturated rings. The normalized spacial score (nSPS) is 14.0. The van der Waals surface area contributed by atoms with Gasteiger partial charge in [-0.3, -0.25) is 0 Å². The average Bonchev–Trinajstić information content (AvgIpc) is 2.51. The third kappa shape index (κ3) is 5.37. The second-order valence-electron chi connectivity index (χ2n) is 3.54. The van der Waals surface area contributed by atoms with Crippen LogP contribution in [0.25, 0.3) is 0 Å². The van der Waals surface area contributed by atoms with E-state index in [1.807, 2.05) is 13.0 Å². The summed E-state index contributed by atoms with van der Waals surface area (Å²) in [5, 5.41) is 9.76. The SMILES string of the molecule is Cc1cc(Br)c(C(O)CCOCC(F)(F)F)s1. The van der Waals surface area contributed by atoms with Crippen molar-refractivity contribution in [2.75, 3.05) is 13.2 Å². The van der Waals surface area contributed by atoms with Gasteiger partial charge in [0, 0.05) is 27.3 Å². The summed E-state index contributed by atoms with van der Waals surface area (Å²) >= 11 is 4.70. The molecule has 1 unspecified atom stereocenters.